The van der Waals surface area contributed by atoms with Crippen LogP contribution in [-0.4, -0.2) is 20.9 Å². The van der Waals surface area contributed by atoms with Gasteiger partial charge in [-0.05, 0) is 43.9 Å². The zero-order chi connectivity index (χ0) is 13.6. The van der Waals surface area contributed by atoms with E-state index in [0.29, 0.717) is 11.3 Å². The maximum atomic E-state index is 13.6. The summed E-state index contributed by atoms with van der Waals surface area (Å²) in [6.07, 6.45) is 2.43. The minimum atomic E-state index is -1.02. The van der Waals surface area contributed by atoms with E-state index in [0.717, 1.165) is 30.5 Å². The maximum Gasteiger partial charge on any atom is 0.356 e. The highest BCUT2D eigenvalue weighted by Gasteiger charge is 2.26. The van der Waals surface area contributed by atoms with Gasteiger partial charge >= 0.3 is 5.97 Å². The van der Waals surface area contributed by atoms with Crippen LogP contribution in [-0.2, 0) is 12.8 Å². The maximum absolute atomic E-state index is 13.6. The van der Waals surface area contributed by atoms with Crippen LogP contribution in [0, 0.1) is 12.7 Å². The molecule has 1 heterocycles. The van der Waals surface area contributed by atoms with Gasteiger partial charge in [0, 0.05) is 11.3 Å². The first-order valence-electron chi connectivity index (χ1n) is 6.18. The molecule has 1 aliphatic carbocycles. The fourth-order valence-electron chi connectivity index (χ4n) is 2.54. The van der Waals surface area contributed by atoms with Gasteiger partial charge in [0.1, 0.15) is 5.82 Å². The summed E-state index contributed by atoms with van der Waals surface area (Å²) in [4.78, 5) is 11.2. The van der Waals surface area contributed by atoms with E-state index >= 15 is 0 Å². The van der Waals surface area contributed by atoms with E-state index in [1.54, 1.807) is 23.7 Å². The smallest absolute Gasteiger partial charge is 0.356 e. The van der Waals surface area contributed by atoms with Crippen molar-refractivity contribution < 1.29 is 14.3 Å². The molecule has 0 atom stereocenters. The Bertz CT molecular complexity index is 676. The van der Waals surface area contributed by atoms with Crippen LogP contribution >= 0.6 is 0 Å². The average Bonchev–Trinajstić information content (AvgIpc) is 2.93. The number of benzene rings is 1. The predicted octanol–water partition coefficient (Wildman–Crippen LogP) is 2.51. The summed E-state index contributed by atoms with van der Waals surface area (Å²) in [6, 6.07) is 4.83. The van der Waals surface area contributed by atoms with Crippen LogP contribution in [0.3, 0.4) is 0 Å². The summed E-state index contributed by atoms with van der Waals surface area (Å²) in [7, 11) is 0. The number of rotatable bonds is 2. The lowest BCUT2D eigenvalue weighted by molar-refractivity contribution is 0.0689. The molecule has 2 aromatic rings. The highest BCUT2D eigenvalue weighted by atomic mass is 19.1. The van der Waals surface area contributed by atoms with E-state index in [2.05, 4.69) is 5.10 Å². The minimum Gasteiger partial charge on any atom is -0.476 e. The molecule has 0 saturated heterocycles. The minimum absolute atomic E-state index is 0.0912. The van der Waals surface area contributed by atoms with Crippen molar-refractivity contribution in [2.45, 2.75) is 26.2 Å². The second-order valence-corrected chi connectivity index (χ2v) is 4.78. The number of aromatic nitrogens is 2. The van der Waals surface area contributed by atoms with Gasteiger partial charge in [0.25, 0.3) is 0 Å². The summed E-state index contributed by atoms with van der Waals surface area (Å²) in [5, 5.41) is 13.3. The van der Waals surface area contributed by atoms with Gasteiger partial charge < -0.3 is 5.11 Å². The third-order valence-corrected chi connectivity index (χ3v) is 3.53. The zero-order valence-electron chi connectivity index (χ0n) is 10.5. The molecule has 3 rings (SSSR count). The molecule has 19 heavy (non-hydrogen) atoms. The van der Waals surface area contributed by atoms with Crippen LogP contribution in [0.2, 0.25) is 0 Å². The van der Waals surface area contributed by atoms with E-state index in [1.807, 2.05) is 0 Å². The Morgan fingerprint density at radius 3 is 2.89 bits per heavy atom. The highest BCUT2D eigenvalue weighted by molar-refractivity contribution is 5.87. The van der Waals surface area contributed by atoms with E-state index in [9.17, 15) is 9.18 Å². The first-order valence-corrected chi connectivity index (χ1v) is 6.18. The molecular weight excluding hydrogens is 247 g/mol. The summed E-state index contributed by atoms with van der Waals surface area (Å²) < 4.78 is 15.2. The molecule has 0 fully saturated rings. The van der Waals surface area contributed by atoms with Crippen molar-refractivity contribution in [1.82, 2.24) is 9.78 Å². The fourth-order valence-corrected chi connectivity index (χ4v) is 2.54. The number of aryl methyl sites for hydroxylation is 1. The molecule has 0 spiro atoms. The van der Waals surface area contributed by atoms with Gasteiger partial charge in [-0.2, -0.15) is 5.10 Å². The largest absolute Gasteiger partial charge is 0.476 e. The Morgan fingerprint density at radius 2 is 2.21 bits per heavy atom. The third kappa shape index (κ3) is 1.82. The number of nitrogens with zero attached hydrogens (tertiary/aromatic N) is 2. The van der Waals surface area contributed by atoms with Gasteiger partial charge in [-0.15, -0.1) is 0 Å². The Hall–Kier alpha value is -2.17. The number of carboxylic acid groups (broad SMARTS) is 1. The second-order valence-electron chi connectivity index (χ2n) is 4.78. The molecule has 1 N–H and O–H groups in total. The topological polar surface area (TPSA) is 55.1 Å². The molecule has 0 saturated carbocycles. The van der Waals surface area contributed by atoms with Crippen molar-refractivity contribution in [1.29, 1.82) is 0 Å². The van der Waals surface area contributed by atoms with Gasteiger partial charge in [0.05, 0.1) is 5.69 Å². The SMILES string of the molecule is Cc1ccc(-n2nc(C(=O)O)c3c2CCC3)cc1F. The van der Waals surface area contributed by atoms with E-state index in [4.69, 9.17) is 5.11 Å². The molecule has 1 aliphatic rings. The monoisotopic (exact) mass is 260 g/mol. The molecule has 4 nitrogen and oxygen atoms in total. The van der Waals surface area contributed by atoms with Crippen LogP contribution in [0.4, 0.5) is 4.39 Å². The van der Waals surface area contributed by atoms with Gasteiger partial charge in [-0.25, -0.2) is 13.9 Å². The quantitative estimate of drug-likeness (QED) is 0.902. The summed E-state index contributed by atoms with van der Waals surface area (Å²) >= 11 is 0. The lowest BCUT2D eigenvalue weighted by atomic mass is 10.2. The van der Waals surface area contributed by atoms with Crippen molar-refractivity contribution in [3.8, 4) is 5.69 Å². The van der Waals surface area contributed by atoms with Crippen LogP contribution in [0.25, 0.3) is 5.69 Å². The van der Waals surface area contributed by atoms with Gasteiger partial charge in [-0.3, -0.25) is 0 Å². The fraction of sp³-hybridized carbons (Fsp3) is 0.286. The number of carboxylic acids is 1. The molecular formula is C14H13FN2O2. The van der Waals surface area contributed by atoms with Crippen molar-refractivity contribution in [3.05, 3.63) is 46.5 Å². The number of fused-ring (bicyclic) bond motifs is 1. The van der Waals surface area contributed by atoms with Crippen LogP contribution in [0.15, 0.2) is 18.2 Å². The molecule has 0 amide bonds. The van der Waals surface area contributed by atoms with E-state index in [-0.39, 0.29) is 11.5 Å². The number of hydrogen-bond acceptors (Lipinski definition) is 2. The first kappa shape index (κ1) is 11.9. The zero-order valence-corrected chi connectivity index (χ0v) is 10.5. The van der Waals surface area contributed by atoms with Gasteiger partial charge in [0.15, 0.2) is 5.69 Å². The number of carbonyl (C=O) groups is 1. The van der Waals surface area contributed by atoms with Crippen molar-refractivity contribution in [2.75, 3.05) is 0 Å². The lowest BCUT2D eigenvalue weighted by Crippen LogP contribution is -2.05. The molecule has 5 heteroatoms. The van der Waals surface area contributed by atoms with E-state index < -0.39 is 5.97 Å². The molecule has 0 radical (unpaired) electrons. The van der Waals surface area contributed by atoms with Crippen molar-refractivity contribution in [2.24, 2.45) is 0 Å². The molecule has 0 unspecified atom stereocenters. The highest BCUT2D eigenvalue weighted by Crippen LogP contribution is 2.28. The lowest BCUT2D eigenvalue weighted by Gasteiger charge is -2.06. The predicted molar refractivity (Wildman–Crippen MR) is 67.2 cm³/mol. The number of aromatic carboxylic acids is 1. The van der Waals surface area contributed by atoms with Gasteiger partial charge in [-0.1, -0.05) is 6.07 Å². The van der Waals surface area contributed by atoms with Gasteiger partial charge in [0.2, 0.25) is 0 Å². The van der Waals surface area contributed by atoms with Crippen molar-refractivity contribution in [3.63, 3.8) is 0 Å². The van der Waals surface area contributed by atoms with Crippen molar-refractivity contribution >= 4 is 5.97 Å². The molecule has 0 bridgehead atoms. The summed E-state index contributed by atoms with van der Waals surface area (Å²) in [5.41, 5.74) is 2.90. The second kappa shape index (κ2) is 4.19. The van der Waals surface area contributed by atoms with Crippen LogP contribution in [0.5, 0.6) is 0 Å². The number of hydrogen-bond donors (Lipinski definition) is 1. The summed E-state index contributed by atoms with van der Waals surface area (Å²) in [6.45, 7) is 1.69. The van der Waals surface area contributed by atoms with E-state index in [1.165, 1.54) is 6.07 Å². The molecule has 1 aromatic carbocycles. The molecule has 98 valence electrons. The van der Waals surface area contributed by atoms with Crippen LogP contribution < -0.4 is 0 Å². The Labute approximate surface area is 109 Å². The third-order valence-electron chi connectivity index (χ3n) is 3.53. The first-order chi connectivity index (χ1) is 9.08. The molecule has 0 aliphatic heterocycles. The molecule has 1 aromatic heterocycles. The average molecular weight is 260 g/mol. The van der Waals surface area contributed by atoms with Crippen LogP contribution in [0.1, 0.15) is 33.7 Å². The standard InChI is InChI=1S/C14H13FN2O2/c1-8-5-6-9(7-11(8)15)17-12-4-2-3-10(12)13(16-17)14(18)19/h5-7H,2-4H2,1H3,(H,18,19). The summed E-state index contributed by atoms with van der Waals surface area (Å²) in [5.74, 6) is -1.33. The number of halogens is 1. The Morgan fingerprint density at radius 1 is 1.42 bits per heavy atom. The normalized spacial score (nSPS) is 13.6. The Balaban J connectivity index is 2.18. The Kier molecular flexibility index (Phi) is 2.62.